The molecule has 0 saturated carbocycles. The maximum atomic E-state index is 11.3. The van der Waals surface area contributed by atoms with Crippen LogP contribution in [0.4, 0.5) is 25.8 Å². The number of ether oxygens (including phenoxy) is 3. The van der Waals surface area contributed by atoms with E-state index in [1.54, 1.807) is 20.8 Å². The van der Waals surface area contributed by atoms with Gasteiger partial charge in [-0.25, -0.2) is 25.2 Å². The minimum absolute atomic E-state index is 0.000333. The van der Waals surface area contributed by atoms with E-state index in [-0.39, 0.29) is 24.6 Å². The quantitative estimate of drug-likeness (QED) is 0.245. The second-order valence-corrected chi connectivity index (χ2v) is 7.93. The first-order valence-corrected chi connectivity index (χ1v) is 10.4. The zero-order chi connectivity index (χ0) is 28.0. The summed E-state index contributed by atoms with van der Waals surface area (Å²) in [6.45, 7) is 5.00. The lowest BCUT2D eigenvalue weighted by Gasteiger charge is -2.19. The summed E-state index contributed by atoms with van der Waals surface area (Å²) in [5.41, 5.74) is 6.58. The van der Waals surface area contributed by atoms with E-state index in [1.807, 2.05) is 16.3 Å². The Morgan fingerprint density at radius 1 is 0.757 bits per heavy atom. The fourth-order valence-corrected chi connectivity index (χ4v) is 2.22. The van der Waals surface area contributed by atoms with Gasteiger partial charge in [0.2, 0.25) is 0 Å². The lowest BCUT2D eigenvalue weighted by atomic mass is 10.2. The maximum Gasteiger partial charge on any atom is 0.452 e. The fraction of sp³-hybridized carbons (Fsp3) is 0.286. The molecule has 0 bridgehead atoms. The summed E-state index contributed by atoms with van der Waals surface area (Å²) < 4.78 is 14.4. The van der Waals surface area contributed by atoms with Crippen molar-refractivity contribution in [2.75, 3.05) is 0 Å². The molecule has 16 nitrogen and oxygen atoms in total. The maximum absolute atomic E-state index is 11.3. The molecule has 0 atom stereocenters. The summed E-state index contributed by atoms with van der Waals surface area (Å²) in [7, 11) is 0. The Morgan fingerprint density at radius 2 is 1.14 bits per heavy atom. The van der Waals surface area contributed by atoms with E-state index in [1.165, 1.54) is 48.5 Å². The van der Waals surface area contributed by atoms with Crippen LogP contribution in [0.5, 0.6) is 0 Å². The zero-order valence-corrected chi connectivity index (χ0v) is 20.2. The van der Waals surface area contributed by atoms with Gasteiger partial charge < -0.3 is 14.2 Å². The molecule has 3 amide bonds. The Kier molecular flexibility index (Phi) is 11.7. The highest BCUT2D eigenvalue weighted by Crippen LogP contribution is 2.13. The van der Waals surface area contributed by atoms with Crippen LogP contribution in [0.15, 0.2) is 48.5 Å². The van der Waals surface area contributed by atoms with Crippen molar-refractivity contribution in [3.05, 3.63) is 79.9 Å². The van der Waals surface area contributed by atoms with Crippen LogP contribution in [-0.4, -0.2) is 33.7 Å². The molecule has 2 aromatic rings. The van der Waals surface area contributed by atoms with E-state index in [2.05, 4.69) is 5.84 Å². The molecule has 37 heavy (non-hydrogen) atoms. The molecule has 16 heteroatoms. The number of benzene rings is 2. The molecule has 0 aliphatic carbocycles. The van der Waals surface area contributed by atoms with Crippen LogP contribution in [0, 0.1) is 20.2 Å². The standard InChI is InChI=1S/C13H17N3O6.C8H9N3O4/c1-13(2,3)22-12(18)15-14-11(17)21-8-9-4-6-10(7-5-9)16(19)20;9-10-8(12)15-5-6-1-3-7(4-2-6)11(13)14/h4-7H,8H2,1-3H3,(H,14,17)(H,15,18);1-4H,5,9H2,(H,10,12)/p+1. The molecule has 2 rings (SSSR count). The van der Waals surface area contributed by atoms with Crippen LogP contribution in [0.1, 0.15) is 31.9 Å². The topological polar surface area (TPSA) is 229 Å². The van der Waals surface area contributed by atoms with Crippen LogP contribution in [0.2, 0.25) is 0 Å². The second kappa shape index (κ2) is 14.4. The zero-order valence-electron chi connectivity index (χ0n) is 20.2. The lowest BCUT2D eigenvalue weighted by molar-refractivity contribution is -0.426. The first-order chi connectivity index (χ1) is 17.3. The lowest BCUT2D eigenvalue weighted by Crippen LogP contribution is -2.67. The number of amides is 3. The highest BCUT2D eigenvalue weighted by Gasteiger charge is 2.16. The third-order valence-corrected chi connectivity index (χ3v) is 3.84. The van der Waals surface area contributed by atoms with Crippen molar-refractivity contribution < 1.29 is 44.3 Å². The third-order valence-electron chi connectivity index (χ3n) is 3.84. The van der Waals surface area contributed by atoms with Gasteiger partial charge in [-0.15, -0.1) is 0 Å². The number of hydrogen-bond acceptors (Lipinski definition) is 10. The predicted molar refractivity (Wildman–Crippen MR) is 125 cm³/mol. The SMILES string of the molecule is CC(C)(C)OC(=O)NNC(=O)OCc1ccc([N+](=O)[O-])cc1.[NH3+]NC(=O)OCc1ccc([N+](=O)[O-])cc1. The number of nitrogens with zero attached hydrogens (tertiary/aromatic N) is 2. The molecule has 0 aliphatic heterocycles. The number of carbonyl (C=O) groups excluding carboxylic acids is 3. The summed E-state index contributed by atoms with van der Waals surface area (Å²) in [5, 5.41) is 20.8. The normalized spacial score (nSPS) is 10.1. The van der Waals surface area contributed by atoms with Gasteiger partial charge in [0, 0.05) is 24.3 Å². The molecule has 0 unspecified atom stereocenters. The number of nitro benzene ring substituents is 2. The first-order valence-electron chi connectivity index (χ1n) is 10.4. The fourth-order valence-electron chi connectivity index (χ4n) is 2.22. The van der Waals surface area contributed by atoms with Crippen molar-refractivity contribution >= 4 is 29.7 Å². The Labute approximate surface area is 210 Å². The molecule has 0 aromatic heterocycles. The molecular weight excluding hydrogens is 496 g/mol. The Bertz CT molecular complexity index is 1080. The van der Waals surface area contributed by atoms with E-state index < -0.39 is 33.7 Å². The molecule has 0 saturated heterocycles. The molecule has 0 aliphatic rings. The molecule has 0 radical (unpaired) electrons. The molecule has 0 fully saturated rings. The third kappa shape index (κ3) is 12.9. The molecular formula is C21H27N6O10+. The number of carbonyl (C=O) groups is 3. The number of quaternary nitrogens is 1. The number of rotatable bonds is 6. The van der Waals surface area contributed by atoms with E-state index >= 15 is 0 Å². The number of nitro groups is 2. The van der Waals surface area contributed by atoms with Gasteiger partial charge in [0.15, 0.2) is 0 Å². The molecule has 2 aromatic carbocycles. The number of non-ortho nitro benzene ring substituents is 2. The average molecular weight is 523 g/mol. The van der Waals surface area contributed by atoms with Gasteiger partial charge in [-0.1, -0.05) is 0 Å². The average Bonchev–Trinajstić information content (AvgIpc) is 2.84. The van der Waals surface area contributed by atoms with E-state index in [9.17, 15) is 34.6 Å². The molecule has 200 valence electrons. The number of hydrogen-bond donors (Lipinski definition) is 4. The summed E-state index contributed by atoms with van der Waals surface area (Å²) in [5.74, 6) is 3.12. The van der Waals surface area contributed by atoms with Gasteiger partial charge in [0.05, 0.1) is 9.85 Å². The smallest absolute Gasteiger partial charge is 0.443 e. The predicted octanol–water partition coefficient (Wildman–Crippen LogP) is 2.24. The van der Waals surface area contributed by atoms with Crippen LogP contribution in [-0.2, 0) is 27.4 Å². The van der Waals surface area contributed by atoms with Crippen molar-refractivity contribution in [3.63, 3.8) is 0 Å². The monoisotopic (exact) mass is 523 g/mol. The van der Waals surface area contributed by atoms with Crippen molar-refractivity contribution in [2.24, 2.45) is 0 Å². The summed E-state index contributed by atoms with van der Waals surface area (Å²) >= 11 is 0. The number of nitrogens with one attached hydrogen (secondary N) is 3. The Balaban J connectivity index is 0.000000397. The Morgan fingerprint density at radius 3 is 1.49 bits per heavy atom. The molecule has 6 N–H and O–H groups in total. The molecule has 0 heterocycles. The minimum atomic E-state index is -0.885. The van der Waals surface area contributed by atoms with Gasteiger partial charge in [-0.05, 0) is 56.2 Å². The first kappa shape index (κ1) is 30.0. The highest BCUT2D eigenvalue weighted by atomic mass is 16.6. The van der Waals surface area contributed by atoms with Crippen LogP contribution < -0.4 is 22.1 Å². The highest BCUT2D eigenvalue weighted by molar-refractivity contribution is 5.73. The minimum Gasteiger partial charge on any atom is -0.443 e. The summed E-state index contributed by atoms with van der Waals surface area (Å²) in [6.07, 6.45) is -2.35. The second-order valence-electron chi connectivity index (χ2n) is 7.93. The van der Waals surface area contributed by atoms with Gasteiger partial charge >= 0.3 is 18.3 Å². The summed E-state index contributed by atoms with van der Waals surface area (Å²) in [6, 6.07) is 11.3. The van der Waals surface area contributed by atoms with Gasteiger partial charge in [-0.2, -0.15) is 5.43 Å². The van der Waals surface area contributed by atoms with E-state index in [4.69, 9.17) is 14.2 Å². The van der Waals surface area contributed by atoms with Crippen LogP contribution in [0.3, 0.4) is 0 Å². The van der Waals surface area contributed by atoms with Crippen LogP contribution >= 0.6 is 0 Å². The van der Waals surface area contributed by atoms with Crippen molar-refractivity contribution in [3.8, 4) is 0 Å². The van der Waals surface area contributed by atoms with Crippen LogP contribution in [0.25, 0.3) is 0 Å². The summed E-state index contributed by atoms with van der Waals surface area (Å²) in [4.78, 5) is 53.1. The van der Waals surface area contributed by atoms with E-state index in [0.29, 0.717) is 11.1 Å². The number of hydrazine groups is 1. The van der Waals surface area contributed by atoms with E-state index in [0.717, 1.165) is 0 Å². The van der Waals surface area contributed by atoms with Crippen molar-refractivity contribution in [1.29, 1.82) is 0 Å². The van der Waals surface area contributed by atoms with Crippen molar-refractivity contribution in [1.82, 2.24) is 16.3 Å². The van der Waals surface area contributed by atoms with Gasteiger partial charge in [-0.3, -0.25) is 26.1 Å². The van der Waals surface area contributed by atoms with Gasteiger partial charge in [0.1, 0.15) is 18.8 Å². The largest absolute Gasteiger partial charge is 0.452 e. The van der Waals surface area contributed by atoms with Gasteiger partial charge in [0.25, 0.3) is 11.4 Å². The Hall–Kier alpha value is -4.99. The molecule has 0 spiro atoms. The van der Waals surface area contributed by atoms with Crippen molar-refractivity contribution in [2.45, 2.75) is 39.6 Å².